The number of aromatic nitrogens is 1. The second kappa shape index (κ2) is 4.57. The zero-order chi connectivity index (χ0) is 15.1. The first-order chi connectivity index (χ1) is 10.0. The number of benzene rings is 2. The smallest absolute Gasteiger partial charge is 0.195 e. The molecule has 3 rings (SSSR count). The first kappa shape index (κ1) is 13.1. The predicted molar refractivity (Wildman–Crippen MR) is 74.4 cm³/mol. The fourth-order valence-electron chi connectivity index (χ4n) is 2.12. The fourth-order valence-corrected chi connectivity index (χ4v) is 2.12. The Labute approximate surface area is 117 Å². The molecule has 106 valence electrons. The van der Waals surface area contributed by atoms with Crippen molar-refractivity contribution in [3.8, 4) is 17.2 Å². The molecule has 0 saturated heterocycles. The second-order valence-electron chi connectivity index (χ2n) is 4.46. The van der Waals surface area contributed by atoms with Crippen LogP contribution in [-0.4, -0.2) is 27.6 Å². The maximum Gasteiger partial charge on any atom is 0.195 e. The fraction of sp³-hybridized carbons (Fsp3) is 0.0714. The average Bonchev–Trinajstić information content (AvgIpc) is 2.45. The lowest BCUT2D eigenvalue weighted by Gasteiger charge is -2.11. The number of hydrogen-bond acceptors (Lipinski definition) is 7. The van der Waals surface area contributed by atoms with Gasteiger partial charge in [-0.1, -0.05) is 0 Å². The standard InChI is InChI=1S/C14H10N2O5/c15-13-12(9(20)5-17)8(19)4-11-14(13)16-7-2-1-6(18)3-10(7)21-11/h1-4,17-18H,5,15H2. The van der Waals surface area contributed by atoms with Crippen LogP contribution in [0.25, 0.3) is 22.6 Å². The molecule has 0 aromatic heterocycles. The molecule has 0 fully saturated rings. The predicted octanol–water partition coefficient (Wildman–Crippen LogP) is 0.756. The van der Waals surface area contributed by atoms with Gasteiger partial charge in [-0.3, -0.25) is 9.59 Å². The number of phenols is 1. The summed E-state index contributed by atoms with van der Waals surface area (Å²) >= 11 is 0. The molecule has 0 bridgehead atoms. The van der Waals surface area contributed by atoms with Gasteiger partial charge in [0.2, 0.25) is 0 Å². The summed E-state index contributed by atoms with van der Waals surface area (Å²) in [5, 5.41) is 18.3. The van der Waals surface area contributed by atoms with Gasteiger partial charge in [0.1, 0.15) is 23.6 Å². The third-order valence-electron chi connectivity index (χ3n) is 3.08. The Morgan fingerprint density at radius 2 is 2.10 bits per heavy atom. The highest BCUT2D eigenvalue weighted by atomic mass is 16.3. The van der Waals surface area contributed by atoms with Crippen LogP contribution >= 0.6 is 0 Å². The average molecular weight is 286 g/mol. The van der Waals surface area contributed by atoms with Gasteiger partial charge in [-0.15, -0.1) is 0 Å². The van der Waals surface area contributed by atoms with E-state index in [1.165, 1.54) is 18.2 Å². The van der Waals surface area contributed by atoms with Crippen LogP contribution in [0.4, 0.5) is 5.69 Å². The summed E-state index contributed by atoms with van der Waals surface area (Å²) in [5.41, 5.74) is 5.58. The van der Waals surface area contributed by atoms with Crippen LogP contribution in [0.5, 0.6) is 5.75 Å². The van der Waals surface area contributed by atoms with E-state index < -0.39 is 17.8 Å². The van der Waals surface area contributed by atoms with E-state index in [-0.39, 0.29) is 34.0 Å². The van der Waals surface area contributed by atoms with Crippen molar-refractivity contribution in [1.29, 1.82) is 0 Å². The quantitative estimate of drug-likeness (QED) is 0.360. The maximum atomic E-state index is 11.9. The van der Waals surface area contributed by atoms with E-state index >= 15 is 0 Å². The lowest BCUT2D eigenvalue weighted by atomic mass is 10.0. The van der Waals surface area contributed by atoms with E-state index in [0.717, 1.165) is 6.07 Å². The van der Waals surface area contributed by atoms with Gasteiger partial charge >= 0.3 is 0 Å². The number of phenolic OH excluding ortho intramolecular Hbond substituents is 1. The Hall–Kier alpha value is -2.93. The van der Waals surface area contributed by atoms with Gasteiger partial charge in [-0.25, -0.2) is 4.98 Å². The number of fused-ring (bicyclic) bond motifs is 2. The van der Waals surface area contributed by atoms with Gasteiger partial charge < -0.3 is 20.4 Å². The minimum Gasteiger partial charge on any atom is -0.508 e. The number of aliphatic hydroxyl groups is 1. The lowest BCUT2D eigenvalue weighted by molar-refractivity contribution is 0.0903. The lowest BCUT2D eigenvalue weighted by Crippen LogP contribution is -2.21. The molecule has 7 heteroatoms. The van der Waals surface area contributed by atoms with Crippen LogP contribution in [0.15, 0.2) is 33.5 Å². The zero-order valence-electron chi connectivity index (χ0n) is 10.7. The number of nitrogens with two attached hydrogens (primary N) is 1. The number of anilines is 1. The molecule has 1 aromatic carbocycles. The number of Topliss-reactive ketones (excluding diaryl/α,β-unsaturated/α-hetero) is 1. The Bertz CT molecular complexity index is 900. The van der Waals surface area contributed by atoms with Crippen LogP contribution in [-0.2, 0) is 0 Å². The number of rotatable bonds is 2. The van der Waals surface area contributed by atoms with Gasteiger partial charge in [-0.2, -0.15) is 0 Å². The molecule has 0 saturated carbocycles. The van der Waals surface area contributed by atoms with Crippen molar-refractivity contribution < 1.29 is 19.4 Å². The molecule has 21 heavy (non-hydrogen) atoms. The van der Waals surface area contributed by atoms with Gasteiger partial charge in [0, 0.05) is 12.1 Å². The summed E-state index contributed by atoms with van der Waals surface area (Å²) in [5.74, 6) is -0.674. The molecule has 0 radical (unpaired) electrons. The van der Waals surface area contributed by atoms with Gasteiger partial charge in [0.15, 0.2) is 22.6 Å². The molecule has 0 unspecified atom stereocenters. The molecule has 1 heterocycles. The normalized spacial score (nSPS) is 11.1. The number of aromatic hydroxyl groups is 1. The van der Waals surface area contributed by atoms with Gasteiger partial charge in [0.05, 0.1) is 11.3 Å². The Morgan fingerprint density at radius 3 is 2.81 bits per heavy atom. The van der Waals surface area contributed by atoms with Crippen molar-refractivity contribution in [1.82, 2.24) is 4.98 Å². The van der Waals surface area contributed by atoms with E-state index in [0.29, 0.717) is 5.52 Å². The van der Waals surface area contributed by atoms with Crippen LogP contribution in [0, 0.1) is 0 Å². The Balaban J connectivity index is 2.41. The largest absolute Gasteiger partial charge is 0.508 e. The molecule has 0 atom stereocenters. The molecular formula is C14H10N2O5. The third kappa shape index (κ3) is 2.00. The van der Waals surface area contributed by atoms with E-state index in [9.17, 15) is 14.7 Å². The van der Waals surface area contributed by atoms with Crippen LogP contribution in [0.2, 0.25) is 0 Å². The Morgan fingerprint density at radius 1 is 1.33 bits per heavy atom. The summed E-state index contributed by atoms with van der Waals surface area (Å²) < 4.78 is 5.48. The van der Waals surface area contributed by atoms with Crippen molar-refractivity contribution in [3.63, 3.8) is 0 Å². The van der Waals surface area contributed by atoms with Crippen molar-refractivity contribution >= 4 is 22.6 Å². The summed E-state index contributed by atoms with van der Waals surface area (Å²) in [7, 11) is 0. The number of carbonyl (C=O) groups excluding carboxylic acids is 1. The number of aliphatic hydroxyl groups excluding tert-OH is 1. The molecular weight excluding hydrogens is 276 g/mol. The summed E-state index contributed by atoms with van der Waals surface area (Å²) in [6.45, 7) is -0.816. The molecule has 0 amide bonds. The highest BCUT2D eigenvalue weighted by Crippen LogP contribution is 2.31. The van der Waals surface area contributed by atoms with Crippen molar-refractivity contribution in [2.24, 2.45) is 0 Å². The summed E-state index contributed by atoms with van der Waals surface area (Å²) in [4.78, 5) is 27.7. The number of carbonyl (C=O) groups is 1. The molecule has 2 aliphatic rings. The molecule has 1 aromatic rings. The van der Waals surface area contributed by atoms with Crippen LogP contribution in [0.3, 0.4) is 0 Å². The topological polar surface area (TPSA) is 127 Å². The third-order valence-corrected chi connectivity index (χ3v) is 3.08. The van der Waals surface area contributed by atoms with E-state index in [4.69, 9.17) is 15.3 Å². The minimum atomic E-state index is -0.816. The first-order valence-electron chi connectivity index (χ1n) is 6.01. The Kier molecular flexibility index (Phi) is 2.84. The molecule has 1 aliphatic heterocycles. The van der Waals surface area contributed by atoms with Crippen LogP contribution < -0.4 is 11.2 Å². The second-order valence-corrected chi connectivity index (χ2v) is 4.46. The number of nitrogens with zero attached hydrogens (tertiary/aromatic N) is 1. The van der Waals surface area contributed by atoms with Crippen molar-refractivity contribution in [2.75, 3.05) is 12.3 Å². The highest BCUT2D eigenvalue weighted by molar-refractivity contribution is 6.04. The number of nitrogen functional groups attached to an aromatic ring is 1. The van der Waals surface area contributed by atoms with Gasteiger partial charge in [0.25, 0.3) is 0 Å². The highest BCUT2D eigenvalue weighted by Gasteiger charge is 2.22. The van der Waals surface area contributed by atoms with E-state index in [1.807, 2.05) is 0 Å². The minimum absolute atomic E-state index is 0.00482. The molecule has 4 N–H and O–H groups in total. The van der Waals surface area contributed by atoms with E-state index in [2.05, 4.69) is 4.98 Å². The van der Waals surface area contributed by atoms with Crippen molar-refractivity contribution in [3.05, 3.63) is 40.1 Å². The summed E-state index contributed by atoms with van der Waals surface area (Å²) in [6, 6.07) is 5.39. The monoisotopic (exact) mass is 286 g/mol. The molecule has 7 nitrogen and oxygen atoms in total. The SMILES string of the molecule is Nc1c2nc3ccc(O)cc3oc-2cc(=O)c1C(=O)CO. The molecule has 1 aliphatic carbocycles. The van der Waals surface area contributed by atoms with Crippen LogP contribution in [0.1, 0.15) is 10.4 Å². The first-order valence-corrected chi connectivity index (χ1v) is 6.01. The summed E-state index contributed by atoms with van der Waals surface area (Å²) in [6.07, 6.45) is 0. The number of hydrogen-bond donors (Lipinski definition) is 3. The van der Waals surface area contributed by atoms with E-state index in [1.54, 1.807) is 0 Å². The zero-order valence-corrected chi connectivity index (χ0v) is 10.7. The van der Waals surface area contributed by atoms with Crippen molar-refractivity contribution in [2.45, 2.75) is 0 Å². The maximum absolute atomic E-state index is 11.9. The number of ketones is 1. The molecule has 0 spiro atoms. The van der Waals surface area contributed by atoms with Gasteiger partial charge in [-0.05, 0) is 12.1 Å².